The van der Waals surface area contributed by atoms with E-state index in [4.69, 9.17) is 38.7 Å². The van der Waals surface area contributed by atoms with E-state index in [1.807, 2.05) is 146 Å². The summed E-state index contributed by atoms with van der Waals surface area (Å²) in [6.45, 7) is 0. The second-order valence-electron chi connectivity index (χ2n) is 28.1. The van der Waals surface area contributed by atoms with Gasteiger partial charge in [-0.05, 0) is 136 Å². The van der Waals surface area contributed by atoms with E-state index in [2.05, 4.69) is 252 Å². The second kappa shape index (κ2) is 27.5. The third kappa shape index (κ3) is 11.7. The van der Waals surface area contributed by atoms with Crippen molar-refractivity contribution in [2.75, 3.05) is 0 Å². The van der Waals surface area contributed by atoms with Crippen LogP contribution in [0.5, 0.6) is 0 Å². The van der Waals surface area contributed by atoms with Gasteiger partial charge in [0.05, 0.1) is 22.1 Å². The average Bonchev–Trinajstić information content (AvgIpc) is 1.59. The van der Waals surface area contributed by atoms with Crippen LogP contribution in [0.1, 0.15) is 0 Å². The van der Waals surface area contributed by atoms with E-state index in [0.29, 0.717) is 34.9 Å². The predicted octanol–water partition coefficient (Wildman–Crippen LogP) is 26.4. The number of furan rings is 2. The molecule has 0 spiro atoms. The maximum Gasteiger partial charge on any atom is 0.164 e. The molecule has 0 amide bonds. The van der Waals surface area contributed by atoms with Crippen LogP contribution in [-0.2, 0) is 0 Å². The zero-order valence-electron chi connectivity index (χ0n) is 60.3. The summed E-state index contributed by atoms with van der Waals surface area (Å²) in [7, 11) is 0. The molecule has 0 fully saturated rings. The quantitative estimate of drug-likeness (QED) is 0.119. The monoisotopic (exact) mass is 1430 g/mol. The van der Waals surface area contributed by atoms with Crippen molar-refractivity contribution in [3.05, 3.63) is 388 Å². The first-order chi connectivity index (χ1) is 55.5. The van der Waals surface area contributed by atoms with E-state index in [1.54, 1.807) is 0 Å². The number of fused-ring (bicyclic) bond motifs is 12. The van der Waals surface area contributed by atoms with Gasteiger partial charge in [-0.2, -0.15) is 0 Å². The van der Waals surface area contributed by atoms with Crippen molar-refractivity contribution in [2.45, 2.75) is 0 Å². The van der Waals surface area contributed by atoms with Gasteiger partial charge in [-0.3, -0.25) is 0 Å². The number of aromatic nitrogens is 8. The smallest absolute Gasteiger partial charge is 0.164 e. The summed E-state index contributed by atoms with van der Waals surface area (Å²) in [6, 6.07) is 135. The lowest BCUT2D eigenvalue weighted by Gasteiger charge is -2.12. The van der Waals surface area contributed by atoms with Crippen LogP contribution in [0.3, 0.4) is 0 Å². The van der Waals surface area contributed by atoms with Crippen molar-refractivity contribution in [1.29, 1.82) is 0 Å². The highest BCUT2D eigenvalue weighted by atomic mass is 16.3. The summed E-state index contributed by atoms with van der Waals surface area (Å²) in [5, 5.41) is 9.41. The standard InChI is InChI=1S/2C51H32N4O/c1-3-13-34(14-4-1)49-52-50(35-15-5-2-6-16-35)54-51(53-49)38-18-11-17-36(31-38)33-25-28-39(29-26-33)55-44-22-9-7-19-41(44)43-32-37(27-30-45(43)55)40-21-12-24-47-48(40)42-20-8-10-23-46(42)56-47;1-3-13-34(14-4-1)49-52-50(35-15-5-2-6-16-35)54-51(53-49)36-27-25-33(26-28-36)37-17-11-18-39(31-37)55-44-22-9-7-19-41(44)43-32-38(29-30-45(43)55)40-21-12-24-47-48(40)42-20-8-10-23-46(42)56-47/h2*1-32H. The van der Waals surface area contributed by atoms with Gasteiger partial charge in [0.1, 0.15) is 22.3 Å². The summed E-state index contributed by atoms with van der Waals surface area (Å²) in [5.41, 5.74) is 25.2. The minimum atomic E-state index is 0.637. The lowest BCUT2D eigenvalue weighted by molar-refractivity contribution is 0.668. The fourth-order valence-corrected chi connectivity index (χ4v) is 16.0. The van der Waals surface area contributed by atoms with Crippen molar-refractivity contribution < 1.29 is 8.83 Å². The Balaban J connectivity index is 0.000000141. The molecule has 6 heterocycles. The van der Waals surface area contributed by atoms with Gasteiger partial charge >= 0.3 is 0 Å². The molecule has 524 valence electrons. The number of nitrogens with zero attached hydrogens (tertiary/aromatic N) is 8. The molecule has 0 bridgehead atoms. The number of para-hydroxylation sites is 4. The molecule has 10 heteroatoms. The molecule has 0 saturated carbocycles. The Labute approximate surface area is 643 Å². The lowest BCUT2D eigenvalue weighted by Crippen LogP contribution is -2.00. The molecule has 112 heavy (non-hydrogen) atoms. The third-order valence-electron chi connectivity index (χ3n) is 21.3. The van der Waals surface area contributed by atoms with Crippen molar-refractivity contribution >= 4 is 87.5 Å². The molecule has 6 aromatic heterocycles. The lowest BCUT2D eigenvalue weighted by atomic mass is 9.98. The van der Waals surface area contributed by atoms with E-state index >= 15 is 0 Å². The molecule has 0 atom stereocenters. The van der Waals surface area contributed by atoms with Crippen LogP contribution in [0, 0.1) is 0 Å². The van der Waals surface area contributed by atoms with Crippen molar-refractivity contribution in [3.63, 3.8) is 0 Å². The molecule has 0 aliphatic heterocycles. The normalized spacial score (nSPS) is 11.6. The van der Waals surface area contributed by atoms with Crippen LogP contribution >= 0.6 is 0 Å². The zero-order valence-corrected chi connectivity index (χ0v) is 60.3. The topological polar surface area (TPSA) is 113 Å². The molecule has 0 N–H and O–H groups in total. The second-order valence-corrected chi connectivity index (χ2v) is 28.1. The van der Waals surface area contributed by atoms with Crippen LogP contribution in [0.4, 0.5) is 0 Å². The van der Waals surface area contributed by atoms with Crippen LogP contribution in [0.15, 0.2) is 397 Å². The number of hydrogen-bond acceptors (Lipinski definition) is 8. The van der Waals surface area contributed by atoms with E-state index in [-0.39, 0.29) is 0 Å². The molecule has 0 radical (unpaired) electrons. The molecule has 0 unspecified atom stereocenters. The summed E-state index contributed by atoms with van der Waals surface area (Å²) in [5.74, 6) is 3.87. The van der Waals surface area contributed by atoms with E-state index in [9.17, 15) is 0 Å². The van der Waals surface area contributed by atoms with E-state index < -0.39 is 0 Å². The number of rotatable bonds is 12. The van der Waals surface area contributed by atoms with Gasteiger partial charge in [-0.25, -0.2) is 29.9 Å². The fourth-order valence-electron chi connectivity index (χ4n) is 16.0. The molecular weight excluding hydrogens is 1370 g/mol. The van der Waals surface area contributed by atoms with E-state index in [1.165, 1.54) is 38.2 Å². The summed E-state index contributed by atoms with van der Waals surface area (Å²) < 4.78 is 17.2. The Morgan fingerprint density at radius 1 is 0.170 bits per heavy atom. The Kier molecular flexibility index (Phi) is 16.0. The van der Waals surface area contributed by atoms with Gasteiger partial charge in [0.15, 0.2) is 34.9 Å². The van der Waals surface area contributed by atoms with Crippen LogP contribution in [0.25, 0.3) is 212 Å². The largest absolute Gasteiger partial charge is 0.456 e. The van der Waals surface area contributed by atoms with Crippen LogP contribution < -0.4 is 0 Å². The SMILES string of the molecule is c1ccc(-c2nc(-c3ccccc3)nc(-c3ccc(-c4cccc(-n5c6ccccc6c6cc(-c7cccc8oc9ccccc9c78)ccc65)c4)cc3)n2)cc1.c1ccc(-c2nc(-c3ccccc3)nc(-c3cccc(-c4ccc(-n5c6ccccc6c6cc(-c7cccc8oc9ccccc9c78)ccc65)cc4)c3)n2)cc1. The van der Waals surface area contributed by atoms with Crippen molar-refractivity contribution in [2.24, 2.45) is 0 Å². The molecule has 22 rings (SSSR count). The maximum atomic E-state index is 6.24. The van der Waals surface area contributed by atoms with Gasteiger partial charge < -0.3 is 18.0 Å². The van der Waals surface area contributed by atoms with Gasteiger partial charge in [-0.15, -0.1) is 0 Å². The van der Waals surface area contributed by atoms with Crippen LogP contribution in [-0.4, -0.2) is 39.0 Å². The van der Waals surface area contributed by atoms with Gasteiger partial charge in [0.2, 0.25) is 0 Å². The maximum absolute atomic E-state index is 6.24. The van der Waals surface area contributed by atoms with Crippen LogP contribution in [0.2, 0.25) is 0 Å². The van der Waals surface area contributed by atoms with Gasteiger partial charge in [-0.1, -0.05) is 297 Å². The van der Waals surface area contributed by atoms with Crippen molar-refractivity contribution in [1.82, 2.24) is 39.0 Å². The molecule has 0 aliphatic carbocycles. The van der Waals surface area contributed by atoms with Gasteiger partial charge in [0, 0.05) is 87.8 Å². The first-order valence-electron chi connectivity index (χ1n) is 37.5. The van der Waals surface area contributed by atoms with Gasteiger partial charge in [0.25, 0.3) is 0 Å². The first kappa shape index (κ1) is 65.1. The molecule has 22 aromatic rings. The summed E-state index contributed by atoms with van der Waals surface area (Å²) >= 11 is 0. The fraction of sp³-hybridized carbons (Fsp3) is 0. The summed E-state index contributed by atoms with van der Waals surface area (Å²) in [6.07, 6.45) is 0. The molecule has 0 saturated heterocycles. The Morgan fingerprint density at radius 3 is 0.929 bits per heavy atom. The molecule has 10 nitrogen and oxygen atoms in total. The average molecular weight is 1430 g/mol. The molecule has 0 aliphatic rings. The number of benzene rings is 16. The predicted molar refractivity (Wildman–Crippen MR) is 457 cm³/mol. The molecule has 16 aromatic carbocycles. The Bertz CT molecular complexity index is 7240. The highest BCUT2D eigenvalue weighted by Crippen LogP contribution is 2.44. The minimum Gasteiger partial charge on any atom is -0.456 e. The van der Waals surface area contributed by atoms with E-state index in [0.717, 1.165) is 139 Å². The minimum absolute atomic E-state index is 0.637. The molecular formula is C102H64N8O2. The Morgan fingerprint density at radius 2 is 0.473 bits per heavy atom. The zero-order chi connectivity index (χ0) is 74.0. The Hall–Kier alpha value is -15.3. The summed E-state index contributed by atoms with van der Waals surface area (Å²) in [4.78, 5) is 29.5. The highest BCUT2D eigenvalue weighted by Gasteiger charge is 2.22. The van der Waals surface area contributed by atoms with Crippen molar-refractivity contribution in [3.8, 4) is 124 Å². The highest BCUT2D eigenvalue weighted by molar-refractivity contribution is 6.17. The number of hydrogen-bond donors (Lipinski definition) is 0. The third-order valence-corrected chi connectivity index (χ3v) is 21.3. The first-order valence-corrected chi connectivity index (χ1v) is 37.5.